The molecule has 0 aromatic heterocycles. The van der Waals surface area contributed by atoms with E-state index < -0.39 is 19.3 Å². The van der Waals surface area contributed by atoms with Crippen LogP contribution in [-0.2, 0) is 9.47 Å². The molecule has 0 N–H and O–H groups in total. The van der Waals surface area contributed by atoms with Gasteiger partial charge in [-0.1, -0.05) is 105 Å². The van der Waals surface area contributed by atoms with Crippen molar-refractivity contribution in [2.45, 2.75) is 197 Å². The van der Waals surface area contributed by atoms with Crippen molar-refractivity contribution in [2.75, 3.05) is 13.2 Å². The van der Waals surface area contributed by atoms with Gasteiger partial charge in [0.25, 0.3) is 0 Å². The van der Waals surface area contributed by atoms with Crippen molar-refractivity contribution in [1.82, 2.24) is 0 Å². The Morgan fingerprint density at radius 2 is 0.769 bits per heavy atom. The second kappa shape index (κ2) is 31.0. The SMILES string of the molecule is [2H]C([2H])([2H])C(=CCC/C(C)=C/CC/C(C)=C/CC/C(C)=C/CC/C(C)=C/CC/C(C)=C/CC/C(C)=C/CC/C(C)=C/CC/C(C)=C/COC1CCCCO1)C([2H])([2H])[2H]. The minimum Gasteiger partial charge on any atom is -0.353 e. The molecule has 1 rings (SSSR count). The molecule has 1 atom stereocenters. The van der Waals surface area contributed by atoms with E-state index in [9.17, 15) is 0 Å². The summed E-state index contributed by atoms with van der Waals surface area (Å²) in [6.45, 7) is 14.1. The molecule has 1 aliphatic heterocycles. The molecule has 0 aromatic rings. The molecule has 0 radical (unpaired) electrons. The number of rotatable bonds is 27. The van der Waals surface area contributed by atoms with Crippen molar-refractivity contribution in [3.05, 3.63) is 105 Å². The molecular weight excluding hydrogens is 633 g/mol. The molecule has 0 bridgehead atoms. The van der Waals surface area contributed by atoms with Crippen LogP contribution >= 0.6 is 0 Å². The highest BCUT2D eigenvalue weighted by atomic mass is 16.7. The topological polar surface area (TPSA) is 18.5 Å². The van der Waals surface area contributed by atoms with Gasteiger partial charge in [0.1, 0.15) is 0 Å². The molecule has 1 aliphatic rings. The summed E-state index contributed by atoms with van der Waals surface area (Å²) in [7, 11) is 0. The van der Waals surface area contributed by atoms with Gasteiger partial charge in [0.2, 0.25) is 0 Å². The fourth-order valence-corrected chi connectivity index (χ4v) is 6.22. The van der Waals surface area contributed by atoms with Gasteiger partial charge in [-0.15, -0.1) is 0 Å². The molecule has 1 unspecified atom stereocenters. The van der Waals surface area contributed by atoms with Gasteiger partial charge in [-0.3, -0.25) is 0 Å². The largest absolute Gasteiger partial charge is 0.353 e. The summed E-state index contributed by atoms with van der Waals surface area (Å²) >= 11 is 0. The molecule has 294 valence electrons. The molecule has 0 aromatic carbocycles. The third kappa shape index (κ3) is 29.1. The molecule has 52 heavy (non-hydrogen) atoms. The summed E-state index contributed by atoms with van der Waals surface area (Å²) in [6.07, 6.45) is 39.9. The average Bonchev–Trinajstić information content (AvgIpc) is 3.13. The first-order valence-electron chi connectivity index (χ1n) is 23.6. The molecule has 2 nitrogen and oxygen atoms in total. The van der Waals surface area contributed by atoms with Crippen molar-refractivity contribution in [1.29, 1.82) is 0 Å². The lowest BCUT2D eigenvalue weighted by molar-refractivity contribution is -0.155. The van der Waals surface area contributed by atoms with Gasteiger partial charge in [-0.05, 0) is 191 Å². The summed E-state index contributed by atoms with van der Waals surface area (Å²) in [4.78, 5) is 0. The summed E-state index contributed by atoms with van der Waals surface area (Å²) in [5.74, 6) is 0. The maximum atomic E-state index is 7.50. The van der Waals surface area contributed by atoms with Crippen LogP contribution in [0.3, 0.4) is 0 Å². The molecule has 0 saturated carbocycles. The van der Waals surface area contributed by atoms with E-state index in [4.69, 9.17) is 17.7 Å². The van der Waals surface area contributed by atoms with Gasteiger partial charge >= 0.3 is 0 Å². The van der Waals surface area contributed by atoms with Crippen LogP contribution in [-0.4, -0.2) is 19.5 Å². The van der Waals surface area contributed by atoms with E-state index in [1.54, 1.807) is 0 Å². The van der Waals surface area contributed by atoms with Crippen molar-refractivity contribution in [3.63, 3.8) is 0 Å². The lowest BCUT2D eigenvalue weighted by atomic mass is 10.0. The summed E-state index contributed by atoms with van der Waals surface area (Å²) in [6, 6.07) is 0. The van der Waals surface area contributed by atoms with E-state index in [0.717, 1.165) is 115 Å². The van der Waals surface area contributed by atoms with Crippen molar-refractivity contribution in [3.8, 4) is 0 Å². The van der Waals surface area contributed by atoms with E-state index >= 15 is 0 Å². The minimum atomic E-state index is -2.58. The second-order valence-electron chi connectivity index (χ2n) is 15.5. The molecule has 1 fully saturated rings. The van der Waals surface area contributed by atoms with Crippen LogP contribution in [0.4, 0.5) is 0 Å². The third-order valence-corrected chi connectivity index (χ3v) is 9.96. The Morgan fingerprint density at radius 1 is 0.462 bits per heavy atom. The first-order valence-corrected chi connectivity index (χ1v) is 20.6. The first-order chi connectivity index (χ1) is 27.4. The zero-order valence-corrected chi connectivity index (χ0v) is 34.9. The number of ether oxygens (including phenoxy) is 2. The predicted octanol–water partition coefficient (Wildman–Crippen LogP) is 16.3. The Bertz CT molecular complexity index is 1440. The van der Waals surface area contributed by atoms with Gasteiger partial charge in [0.15, 0.2) is 6.29 Å². The lowest BCUT2D eigenvalue weighted by Crippen LogP contribution is -2.22. The molecular formula is C50H82O2. The highest BCUT2D eigenvalue weighted by Gasteiger charge is 2.12. The number of hydrogen-bond donors (Lipinski definition) is 0. The lowest BCUT2D eigenvalue weighted by Gasteiger charge is -2.22. The fraction of sp³-hybridized carbons (Fsp3) is 0.640. The monoisotopic (exact) mass is 721 g/mol. The summed E-state index contributed by atoms with van der Waals surface area (Å²) in [5.41, 5.74) is 10.9. The van der Waals surface area contributed by atoms with E-state index in [-0.39, 0.29) is 6.29 Å². The molecule has 2 heteroatoms. The van der Waals surface area contributed by atoms with Crippen LogP contribution in [0.25, 0.3) is 0 Å². The van der Waals surface area contributed by atoms with Crippen LogP contribution in [0.5, 0.6) is 0 Å². The molecule has 1 saturated heterocycles. The highest BCUT2D eigenvalue weighted by Crippen LogP contribution is 2.18. The Labute approximate surface area is 332 Å². The minimum absolute atomic E-state index is 0.00869. The van der Waals surface area contributed by atoms with Gasteiger partial charge in [0, 0.05) is 14.8 Å². The molecule has 0 spiro atoms. The number of allylic oxidation sites excluding steroid dienone is 17. The Balaban J connectivity index is 2.24. The predicted molar refractivity (Wildman–Crippen MR) is 233 cm³/mol. The van der Waals surface area contributed by atoms with Crippen molar-refractivity contribution >= 4 is 0 Å². The Hall–Kier alpha value is -2.42. The molecule has 0 aliphatic carbocycles. The van der Waals surface area contributed by atoms with Crippen molar-refractivity contribution in [2.24, 2.45) is 0 Å². The zero-order chi connectivity index (χ0) is 43.4. The summed E-state index contributed by atoms with van der Waals surface area (Å²) < 4.78 is 56.5. The smallest absolute Gasteiger partial charge is 0.157 e. The standard InChI is InChI=1S/C50H82O2/c1-41(2)21-13-22-42(3)23-14-24-43(4)25-15-26-44(5)27-16-28-45(6)29-17-30-46(7)31-18-32-47(8)33-19-34-48(9)35-20-36-49(10)38-40-52-50-37-11-12-39-51-50/h21,23,25,27,29,31,33,35,38,50H,11-20,22,24,26,28,30,32,34,36-37,39-40H2,1-10H3/b42-23+,43-25+,44-27+,45-29+,46-31+,47-33+,48-35+,49-38+/i1D3,2D3. The maximum Gasteiger partial charge on any atom is 0.157 e. The van der Waals surface area contributed by atoms with Crippen LogP contribution in [0, 0.1) is 0 Å². The first kappa shape index (κ1) is 37.9. The molecule has 1 heterocycles. The van der Waals surface area contributed by atoms with Crippen LogP contribution < -0.4 is 0 Å². The van der Waals surface area contributed by atoms with Crippen LogP contribution in [0.15, 0.2) is 105 Å². The van der Waals surface area contributed by atoms with Crippen LogP contribution in [0.2, 0.25) is 0 Å². The van der Waals surface area contributed by atoms with Gasteiger partial charge in [0.05, 0.1) is 6.61 Å². The van der Waals surface area contributed by atoms with E-state index in [0.29, 0.717) is 19.4 Å². The third-order valence-electron chi connectivity index (χ3n) is 9.96. The fourth-order valence-electron chi connectivity index (χ4n) is 6.22. The van der Waals surface area contributed by atoms with Gasteiger partial charge in [-0.2, -0.15) is 0 Å². The highest BCUT2D eigenvalue weighted by molar-refractivity contribution is 5.10. The van der Waals surface area contributed by atoms with Crippen molar-refractivity contribution < 1.29 is 17.7 Å². The Kier molecular flexibility index (Phi) is 22.6. The molecule has 0 amide bonds. The quantitative estimate of drug-likeness (QED) is 0.0787. The average molecular weight is 721 g/mol. The van der Waals surface area contributed by atoms with Gasteiger partial charge in [-0.25, -0.2) is 0 Å². The van der Waals surface area contributed by atoms with E-state index in [1.807, 2.05) is 6.92 Å². The zero-order valence-electron chi connectivity index (χ0n) is 40.9. The maximum absolute atomic E-state index is 7.50. The second-order valence-corrected chi connectivity index (χ2v) is 15.5. The Morgan fingerprint density at radius 3 is 1.06 bits per heavy atom. The van der Waals surface area contributed by atoms with Gasteiger partial charge < -0.3 is 9.47 Å². The van der Waals surface area contributed by atoms with E-state index in [1.165, 1.54) is 51.5 Å². The van der Waals surface area contributed by atoms with E-state index in [2.05, 4.69) is 97.1 Å². The summed E-state index contributed by atoms with van der Waals surface area (Å²) in [5, 5.41) is 0. The normalized spacial score (nSPS) is 19.8. The number of hydrogen-bond acceptors (Lipinski definition) is 2. The van der Waals surface area contributed by atoms with Crippen LogP contribution in [0.1, 0.15) is 199 Å².